The van der Waals surface area contributed by atoms with E-state index in [4.69, 9.17) is 5.73 Å². The molecule has 4 nitrogen and oxygen atoms in total. The highest BCUT2D eigenvalue weighted by atomic mass is 16.2. The van der Waals surface area contributed by atoms with Crippen molar-refractivity contribution in [2.24, 2.45) is 11.7 Å². The molecule has 0 aromatic carbocycles. The molecule has 2 saturated carbocycles. The summed E-state index contributed by atoms with van der Waals surface area (Å²) in [5.41, 5.74) is 5.42. The summed E-state index contributed by atoms with van der Waals surface area (Å²) in [6.45, 7) is 3.50. The van der Waals surface area contributed by atoms with Crippen molar-refractivity contribution in [1.82, 2.24) is 10.2 Å². The van der Waals surface area contributed by atoms with Crippen LogP contribution in [0.5, 0.6) is 0 Å². The largest absolute Gasteiger partial charge is 0.353 e. The van der Waals surface area contributed by atoms with Gasteiger partial charge >= 0.3 is 0 Å². The molecule has 4 heteroatoms. The zero-order valence-corrected chi connectivity index (χ0v) is 11.7. The predicted molar refractivity (Wildman–Crippen MR) is 73.2 cm³/mol. The highest BCUT2D eigenvalue weighted by Crippen LogP contribution is 2.38. The molecular weight excluding hydrogens is 226 g/mol. The fourth-order valence-corrected chi connectivity index (χ4v) is 2.93. The number of amides is 1. The average Bonchev–Trinajstić information content (AvgIpc) is 3.05. The van der Waals surface area contributed by atoms with Crippen LogP contribution in [0.25, 0.3) is 0 Å². The fraction of sp³-hybridized carbons (Fsp3) is 0.929. The van der Waals surface area contributed by atoms with Crippen molar-refractivity contribution >= 4 is 5.91 Å². The van der Waals surface area contributed by atoms with Gasteiger partial charge < -0.3 is 16.0 Å². The van der Waals surface area contributed by atoms with E-state index >= 15 is 0 Å². The van der Waals surface area contributed by atoms with Gasteiger partial charge in [0.25, 0.3) is 0 Å². The van der Waals surface area contributed by atoms with Crippen LogP contribution in [0.3, 0.4) is 0 Å². The Morgan fingerprint density at radius 3 is 2.50 bits per heavy atom. The van der Waals surface area contributed by atoms with Gasteiger partial charge in [-0.15, -0.1) is 0 Å². The van der Waals surface area contributed by atoms with Gasteiger partial charge in [-0.3, -0.25) is 4.79 Å². The lowest BCUT2D eigenvalue weighted by Gasteiger charge is -2.26. The SMILES string of the molecule is CN(CCNC(=O)C(C)(N)C1CC1)C1CCCC1. The van der Waals surface area contributed by atoms with E-state index in [1.165, 1.54) is 25.7 Å². The van der Waals surface area contributed by atoms with E-state index < -0.39 is 5.54 Å². The van der Waals surface area contributed by atoms with Crippen LogP contribution in [-0.2, 0) is 4.79 Å². The Labute approximate surface area is 110 Å². The Bertz CT molecular complexity index is 293. The van der Waals surface area contributed by atoms with Gasteiger partial charge in [-0.25, -0.2) is 0 Å². The highest BCUT2D eigenvalue weighted by molar-refractivity contribution is 5.86. The number of hydrogen-bond acceptors (Lipinski definition) is 3. The highest BCUT2D eigenvalue weighted by Gasteiger charge is 2.43. The van der Waals surface area contributed by atoms with E-state index in [0.717, 1.165) is 25.4 Å². The van der Waals surface area contributed by atoms with Crippen molar-refractivity contribution in [2.45, 2.75) is 57.0 Å². The third-order valence-electron chi connectivity index (χ3n) is 4.61. The minimum atomic E-state index is -0.661. The van der Waals surface area contributed by atoms with E-state index in [9.17, 15) is 4.79 Å². The van der Waals surface area contributed by atoms with Gasteiger partial charge in [-0.1, -0.05) is 12.8 Å². The Morgan fingerprint density at radius 1 is 1.33 bits per heavy atom. The number of nitrogens with zero attached hydrogens (tertiary/aromatic N) is 1. The number of nitrogens with one attached hydrogen (secondary N) is 1. The van der Waals surface area contributed by atoms with Gasteiger partial charge in [-0.05, 0) is 45.6 Å². The van der Waals surface area contributed by atoms with Crippen LogP contribution in [0.1, 0.15) is 45.4 Å². The summed E-state index contributed by atoms with van der Waals surface area (Å²) in [5.74, 6) is 0.412. The summed E-state index contributed by atoms with van der Waals surface area (Å²) in [6, 6.07) is 0.717. The second-order valence-corrected chi connectivity index (χ2v) is 6.23. The minimum absolute atomic E-state index is 0.0184. The Kier molecular flexibility index (Phi) is 4.28. The molecule has 0 heterocycles. The third-order valence-corrected chi connectivity index (χ3v) is 4.61. The second-order valence-electron chi connectivity index (χ2n) is 6.23. The van der Waals surface area contributed by atoms with Crippen molar-refractivity contribution in [2.75, 3.05) is 20.1 Å². The number of likely N-dealkylation sites (N-methyl/N-ethyl adjacent to an activating group) is 1. The number of rotatable bonds is 6. The van der Waals surface area contributed by atoms with Crippen LogP contribution in [0.2, 0.25) is 0 Å². The Hall–Kier alpha value is -0.610. The van der Waals surface area contributed by atoms with Crippen LogP contribution >= 0.6 is 0 Å². The Balaban J connectivity index is 1.66. The first-order valence-corrected chi connectivity index (χ1v) is 7.29. The van der Waals surface area contributed by atoms with Crippen molar-refractivity contribution in [3.63, 3.8) is 0 Å². The molecule has 0 bridgehead atoms. The normalized spacial score (nSPS) is 24.2. The first-order chi connectivity index (χ1) is 8.51. The molecular formula is C14H27N3O. The molecule has 18 heavy (non-hydrogen) atoms. The number of hydrogen-bond donors (Lipinski definition) is 2. The van der Waals surface area contributed by atoms with E-state index in [1.54, 1.807) is 0 Å². The average molecular weight is 253 g/mol. The fourth-order valence-electron chi connectivity index (χ4n) is 2.93. The van der Waals surface area contributed by atoms with Crippen molar-refractivity contribution in [3.05, 3.63) is 0 Å². The monoisotopic (exact) mass is 253 g/mol. The van der Waals surface area contributed by atoms with E-state index in [2.05, 4.69) is 17.3 Å². The molecule has 2 aliphatic carbocycles. The van der Waals surface area contributed by atoms with Crippen LogP contribution in [0.4, 0.5) is 0 Å². The summed E-state index contributed by atoms with van der Waals surface area (Å²) in [7, 11) is 2.16. The molecule has 2 aliphatic rings. The summed E-state index contributed by atoms with van der Waals surface area (Å²) in [5, 5.41) is 2.99. The summed E-state index contributed by atoms with van der Waals surface area (Å²) in [6.07, 6.45) is 7.51. The molecule has 0 saturated heterocycles. The second kappa shape index (κ2) is 5.57. The number of carbonyl (C=O) groups excluding carboxylic acids is 1. The quantitative estimate of drug-likeness (QED) is 0.745. The molecule has 0 spiro atoms. The molecule has 3 N–H and O–H groups in total. The molecule has 1 amide bonds. The van der Waals surface area contributed by atoms with Gasteiger partial charge in [0, 0.05) is 19.1 Å². The standard InChI is InChI=1S/C14H27N3O/c1-14(15,11-7-8-11)13(18)16-9-10-17(2)12-5-3-4-6-12/h11-12H,3-10,15H2,1-2H3,(H,16,18). The molecule has 2 rings (SSSR count). The first-order valence-electron chi connectivity index (χ1n) is 7.29. The lowest BCUT2D eigenvalue weighted by molar-refractivity contribution is -0.126. The Morgan fingerprint density at radius 2 is 1.94 bits per heavy atom. The van der Waals surface area contributed by atoms with Crippen LogP contribution < -0.4 is 11.1 Å². The number of carbonyl (C=O) groups is 1. The first kappa shape index (κ1) is 13.8. The van der Waals surface area contributed by atoms with Crippen molar-refractivity contribution < 1.29 is 4.79 Å². The van der Waals surface area contributed by atoms with Crippen molar-refractivity contribution in [3.8, 4) is 0 Å². The van der Waals surface area contributed by atoms with Gasteiger partial charge in [0.15, 0.2) is 0 Å². The van der Waals surface area contributed by atoms with Gasteiger partial charge in [0.1, 0.15) is 0 Å². The van der Waals surface area contributed by atoms with Gasteiger partial charge in [0.05, 0.1) is 5.54 Å². The van der Waals surface area contributed by atoms with Crippen LogP contribution in [0.15, 0.2) is 0 Å². The maximum absolute atomic E-state index is 12.0. The molecule has 1 atom stereocenters. The van der Waals surface area contributed by atoms with E-state index in [0.29, 0.717) is 12.5 Å². The number of nitrogens with two attached hydrogens (primary N) is 1. The molecule has 0 aromatic rings. The lowest BCUT2D eigenvalue weighted by Crippen LogP contribution is -2.54. The molecule has 1 unspecified atom stereocenters. The lowest BCUT2D eigenvalue weighted by atomic mass is 9.96. The summed E-state index contributed by atoms with van der Waals surface area (Å²) < 4.78 is 0. The van der Waals surface area contributed by atoms with Crippen molar-refractivity contribution in [1.29, 1.82) is 0 Å². The predicted octanol–water partition coefficient (Wildman–Crippen LogP) is 1.10. The third kappa shape index (κ3) is 3.23. The maximum atomic E-state index is 12.0. The molecule has 104 valence electrons. The molecule has 0 aliphatic heterocycles. The smallest absolute Gasteiger partial charge is 0.240 e. The van der Waals surface area contributed by atoms with Gasteiger partial charge in [0.2, 0.25) is 5.91 Å². The maximum Gasteiger partial charge on any atom is 0.240 e. The molecule has 0 radical (unpaired) electrons. The van der Waals surface area contributed by atoms with Gasteiger partial charge in [-0.2, -0.15) is 0 Å². The zero-order valence-electron chi connectivity index (χ0n) is 11.7. The van der Waals surface area contributed by atoms with E-state index in [-0.39, 0.29) is 5.91 Å². The molecule has 0 aromatic heterocycles. The molecule has 2 fully saturated rings. The summed E-state index contributed by atoms with van der Waals surface area (Å²) >= 11 is 0. The minimum Gasteiger partial charge on any atom is -0.353 e. The summed E-state index contributed by atoms with van der Waals surface area (Å²) in [4.78, 5) is 14.4. The topological polar surface area (TPSA) is 58.4 Å². The zero-order chi connectivity index (χ0) is 13.2. The van der Waals surface area contributed by atoms with E-state index in [1.807, 2.05) is 6.92 Å². The van der Waals surface area contributed by atoms with Crippen LogP contribution in [0, 0.1) is 5.92 Å². The van der Waals surface area contributed by atoms with Crippen LogP contribution in [-0.4, -0.2) is 42.5 Å².